The summed E-state index contributed by atoms with van der Waals surface area (Å²) in [5, 5.41) is 0. The van der Waals surface area contributed by atoms with Crippen molar-refractivity contribution in [3.8, 4) is 0 Å². The second-order valence-corrected chi connectivity index (χ2v) is 8.74. The lowest BCUT2D eigenvalue weighted by atomic mass is 9.70. The van der Waals surface area contributed by atoms with Gasteiger partial charge in [-0.3, -0.25) is 14.5 Å². The third kappa shape index (κ3) is 2.06. The first-order valence-electron chi connectivity index (χ1n) is 9.36. The maximum absolute atomic E-state index is 12.8. The van der Waals surface area contributed by atoms with Gasteiger partial charge < -0.3 is 4.74 Å². The van der Waals surface area contributed by atoms with Crippen LogP contribution in [0.15, 0.2) is 24.3 Å². The van der Waals surface area contributed by atoms with E-state index in [4.69, 9.17) is 4.74 Å². The third-order valence-corrected chi connectivity index (χ3v) is 7.53. The number of esters is 1. The number of fused-ring (bicyclic) bond motifs is 3. The molecule has 4 unspecified atom stereocenters. The normalized spacial score (nSPS) is 32.7. The van der Waals surface area contributed by atoms with E-state index in [0.717, 1.165) is 17.7 Å². The van der Waals surface area contributed by atoms with E-state index in [1.807, 2.05) is 0 Å². The van der Waals surface area contributed by atoms with Gasteiger partial charge in [-0.25, -0.2) is 4.79 Å². The molecule has 0 N–H and O–H groups in total. The van der Waals surface area contributed by atoms with Crippen LogP contribution in [-0.4, -0.2) is 34.8 Å². The van der Waals surface area contributed by atoms with Crippen molar-refractivity contribution in [1.82, 2.24) is 4.90 Å². The van der Waals surface area contributed by atoms with E-state index < -0.39 is 23.8 Å². The maximum Gasteiger partial charge on any atom is 0.329 e. The van der Waals surface area contributed by atoms with Gasteiger partial charge in [0.2, 0.25) is 0 Å². The van der Waals surface area contributed by atoms with Gasteiger partial charge in [0.25, 0.3) is 11.8 Å². The topological polar surface area (TPSA) is 63.7 Å². The molecule has 2 bridgehead atoms. The Bertz CT molecular complexity index is 779. The minimum Gasteiger partial charge on any atom is -0.460 e. The predicted octanol–water partition coefficient (Wildman–Crippen LogP) is 3.43. The Labute approximate surface area is 153 Å². The number of nitrogens with zero attached hydrogens (tertiary/aromatic N) is 1. The molecule has 2 amide bonds. The van der Waals surface area contributed by atoms with Crippen LogP contribution in [0.1, 0.15) is 67.7 Å². The van der Waals surface area contributed by atoms with E-state index in [0.29, 0.717) is 17.0 Å². The van der Waals surface area contributed by atoms with Crippen LogP contribution in [-0.2, 0) is 9.53 Å². The maximum atomic E-state index is 12.8. The van der Waals surface area contributed by atoms with Crippen molar-refractivity contribution < 1.29 is 19.1 Å². The summed E-state index contributed by atoms with van der Waals surface area (Å²) in [5.41, 5.74) is 0.793. The number of amides is 2. The average molecular weight is 355 g/mol. The molecule has 2 aliphatic carbocycles. The van der Waals surface area contributed by atoms with Crippen molar-refractivity contribution in [2.75, 3.05) is 0 Å². The van der Waals surface area contributed by atoms with Gasteiger partial charge in [0, 0.05) is 5.41 Å². The third-order valence-electron chi connectivity index (χ3n) is 7.53. The van der Waals surface area contributed by atoms with Crippen LogP contribution < -0.4 is 0 Å². The molecule has 1 heterocycles. The standard InChI is InChI=1S/C21H25NO4/c1-12(22-17(23)14-7-5-6-8-15(14)18(22)24)19(25)26-16-11-13-9-10-21(16,4)20(13,2)3/h5-8,12-13,16H,9-11H2,1-4H3. The van der Waals surface area contributed by atoms with Crippen LogP contribution in [0, 0.1) is 16.7 Å². The molecular weight excluding hydrogens is 330 g/mol. The van der Waals surface area contributed by atoms with Crippen molar-refractivity contribution in [3.63, 3.8) is 0 Å². The van der Waals surface area contributed by atoms with Gasteiger partial charge in [0.1, 0.15) is 12.1 Å². The molecule has 2 saturated carbocycles. The lowest BCUT2D eigenvalue weighted by molar-refractivity contribution is -0.161. The molecule has 0 aromatic heterocycles. The highest BCUT2D eigenvalue weighted by Gasteiger charge is 2.63. The Morgan fingerprint density at radius 3 is 2.19 bits per heavy atom. The second-order valence-electron chi connectivity index (χ2n) is 8.74. The first-order valence-corrected chi connectivity index (χ1v) is 9.36. The number of imide groups is 1. The summed E-state index contributed by atoms with van der Waals surface area (Å²) in [6.07, 6.45) is 2.93. The Kier molecular flexibility index (Phi) is 3.59. The molecule has 5 heteroatoms. The Balaban J connectivity index is 1.52. The van der Waals surface area contributed by atoms with Crippen LogP contribution in [0.4, 0.5) is 0 Å². The average Bonchev–Trinajstić information content (AvgIpc) is 3.07. The summed E-state index contributed by atoms with van der Waals surface area (Å²) in [6.45, 7) is 8.29. The monoisotopic (exact) mass is 355 g/mol. The van der Waals surface area contributed by atoms with Crippen LogP contribution >= 0.6 is 0 Å². The number of carbonyl (C=O) groups excluding carboxylic acids is 3. The molecule has 2 fully saturated rings. The molecule has 4 rings (SSSR count). The summed E-state index contributed by atoms with van der Waals surface area (Å²) < 4.78 is 5.87. The van der Waals surface area contributed by atoms with Gasteiger partial charge in [-0.2, -0.15) is 0 Å². The number of rotatable bonds is 3. The fraction of sp³-hybridized carbons (Fsp3) is 0.571. The van der Waals surface area contributed by atoms with Crippen molar-refractivity contribution in [1.29, 1.82) is 0 Å². The smallest absolute Gasteiger partial charge is 0.329 e. The van der Waals surface area contributed by atoms with Crippen molar-refractivity contribution >= 4 is 17.8 Å². The molecule has 0 saturated heterocycles. The molecule has 0 spiro atoms. The largest absolute Gasteiger partial charge is 0.460 e. The van der Waals surface area contributed by atoms with Crippen molar-refractivity contribution in [2.45, 2.75) is 59.1 Å². The Hall–Kier alpha value is -2.17. The SMILES string of the molecule is CC(C(=O)OC1CC2CCC1(C)C2(C)C)N1C(=O)c2ccccc2C1=O. The highest BCUT2D eigenvalue weighted by atomic mass is 16.5. The Morgan fingerprint density at radius 2 is 1.73 bits per heavy atom. The van der Waals surface area contributed by atoms with Crippen molar-refractivity contribution in [2.24, 2.45) is 16.7 Å². The molecule has 3 aliphatic rings. The predicted molar refractivity (Wildman–Crippen MR) is 95.5 cm³/mol. The fourth-order valence-electron chi connectivity index (χ4n) is 5.21. The number of hydrogen-bond donors (Lipinski definition) is 0. The fourth-order valence-corrected chi connectivity index (χ4v) is 5.21. The number of carbonyl (C=O) groups is 3. The molecule has 1 aliphatic heterocycles. The van der Waals surface area contributed by atoms with Gasteiger partial charge in [-0.05, 0) is 49.7 Å². The van der Waals surface area contributed by atoms with E-state index in [1.54, 1.807) is 31.2 Å². The summed E-state index contributed by atoms with van der Waals surface area (Å²) in [5.74, 6) is -0.780. The van der Waals surface area contributed by atoms with Gasteiger partial charge >= 0.3 is 5.97 Å². The highest BCUT2D eigenvalue weighted by molar-refractivity contribution is 6.22. The van der Waals surface area contributed by atoms with Gasteiger partial charge in [-0.1, -0.05) is 32.9 Å². The molecule has 5 nitrogen and oxygen atoms in total. The summed E-state index contributed by atoms with van der Waals surface area (Å²) >= 11 is 0. The zero-order chi connectivity index (χ0) is 18.9. The molecule has 26 heavy (non-hydrogen) atoms. The van der Waals surface area contributed by atoms with E-state index in [9.17, 15) is 14.4 Å². The molecule has 1 aromatic carbocycles. The highest BCUT2D eigenvalue weighted by Crippen LogP contribution is 2.66. The molecule has 1 aromatic rings. The van der Waals surface area contributed by atoms with E-state index in [1.165, 1.54) is 6.42 Å². The van der Waals surface area contributed by atoms with Crippen LogP contribution in [0.3, 0.4) is 0 Å². The van der Waals surface area contributed by atoms with Gasteiger partial charge in [0.15, 0.2) is 0 Å². The van der Waals surface area contributed by atoms with E-state index in [2.05, 4.69) is 20.8 Å². The quantitative estimate of drug-likeness (QED) is 0.615. The number of hydrogen-bond acceptors (Lipinski definition) is 4. The van der Waals surface area contributed by atoms with E-state index >= 15 is 0 Å². The number of ether oxygens (including phenoxy) is 1. The first kappa shape index (κ1) is 17.3. The van der Waals surface area contributed by atoms with Crippen LogP contribution in [0.25, 0.3) is 0 Å². The second kappa shape index (κ2) is 5.41. The summed E-state index contributed by atoms with van der Waals surface area (Å²) in [7, 11) is 0. The van der Waals surface area contributed by atoms with Crippen molar-refractivity contribution in [3.05, 3.63) is 35.4 Å². The minimum atomic E-state index is -0.923. The first-order chi connectivity index (χ1) is 12.2. The summed E-state index contributed by atoms with van der Waals surface area (Å²) in [4.78, 5) is 39.0. The molecular formula is C21H25NO4. The Morgan fingerprint density at radius 1 is 1.15 bits per heavy atom. The minimum absolute atomic E-state index is 0.0466. The molecule has 4 atom stereocenters. The molecule has 138 valence electrons. The van der Waals surface area contributed by atoms with Crippen LogP contribution in [0.5, 0.6) is 0 Å². The summed E-state index contributed by atoms with van der Waals surface area (Å²) in [6, 6.07) is 5.75. The van der Waals surface area contributed by atoms with Crippen LogP contribution in [0.2, 0.25) is 0 Å². The van der Waals surface area contributed by atoms with Gasteiger partial charge in [0.05, 0.1) is 11.1 Å². The zero-order valence-corrected chi connectivity index (χ0v) is 15.7. The lowest BCUT2D eigenvalue weighted by Gasteiger charge is -2.39. The lowest BCUT2D eigenvalue weighted by Crippen LogP contribution is -2.46. The number of benzene rings is 1. The molecule has 0 radical (unpaired) electrons. The van der Waals surface area contributed by atoms with Gasteiger partial charge in [-0.15, -0.1) is 0 Å². The zero-order valence-electron chi connectivity index (χ0n) is 15.7. The van der Waals surface area contributed by atoms with E-state index in [-0.39, 0.29) is 16.9 Å².